The second-order valence-corrected chi connectivity index (χ2v) is 5.16. The smallest absolute Gasteiger partial charge is 0.338 e. The minimum atomic E-state index is -1.24. The molecule has 0 aliphatic heterocycles. The van der Waals surface area contributed by atoms with Crippen LogP contribution in [0.4, 0.5) is 4.39 Å². The molecule has 0 unspecified atom stereocenters. The van der Waals surface area contributed by atoms with Gasteiger partial charge in [-0.25, -0.2) is 9.18 Å². The Morgan fingerprint density at radius 2 is 2.21 bits per heavy atom. The van der Waals surface area contributed by atoms with Gasteiger partial charge in [-0.05, 0) is 35.6 Å². The van der Waals surface area contributed by atoms with E-state index < -0.39 is 11.8 Å². The van der Waals surface area contributed by atoms with E-state index in [2.05, 4.69) is 11.4 Å². The number of carboxylic acids is 1. The van der Waals surface area contributed by atoms with Gasteiger partial charge in [-0.2, -0.15) is 0 Å². The number of aromatic carboxylic acids is 1. The van der Waals surface area contributed by atoms with Gasteiger partial charge in [-0.1, -0.05) is 12.1 Å². The first-order valence-electron chi connectivity index (χ1n) is 5.91. The van der Waals surface area contributed by atoms with Gasteiger partial charge in [0.1, 0.15) is 5.82 Å². The van der Waals surface area contributed by atoms with Crippen molar-refractivity contribution in [1.29, 1.82) is 0 Å². The van der Waals surface area contributed by atoms with Crippen LogP contribution in [-0.2, 0) is 13.0 Å². The van der Waals surface area contributed by atoms with Crippen molar-refractivity contribution in [3.63, 3.8) is 0 Å². The van der Waals surface area contributed by atoms with Crippen LogP contribution in [0.15, 0.2) is 35.7 Å². The molecule has 1 heterocycles. The predicted molar refractivity (Wildman–Crippen MR) is 73.1 cm³/mol. The van der Waals surface area contributed by atoms with E-state index in [1.807, 2.05) is 11.4 Å². The number of carboxylic acid groups (broad SMARTS) is 1. The normalized spacial score (nSPS) is 10.6. The maximum Gasteiger partial charge on any atom is 0.338 e. The maximum atomic E-state index is 13.4. The molecule has 1 aromatic heterocycles. The summed E-state index contributed by atoms with van der Waals surface area (Å²) in [6.07, 6.45) is 0.938. The lowest BCUT2D eigenvalue weighted by Crippen LogP contribution is -2.16. The van der Waals surface area contributed by atoms with Crippen LogP contribution in [0.2, 0.25) is 0 Å². The van der Waals surface area contributed by atoms with Crippen molar-refractivity contribution in [3.8, 4) is 0 Å². The number of halogens is 1. The zero-order valence-corrected chi connectivity index (χ0v) is 11.0. The molecule has 5 heteroatoms. The van der Waals surface area contributed by atoms with Crippen molar-refractivity contribution in [2.45, 2.75) is 13.0 Å². The zero-order chi connectivity index (χ0) is 13.7. The summed E-state index contributed by atoms with van der Waals surface area (Å²) in [6, 6.07) is 8.29. The molecule has 0 amide bonds. The molecular formula is C14H14FNO2S. The van der Waals surface area contributed by atoms with Crippen LogP contribution >= 0.6 is 11.3 Å². The summed E-state index contributed by atoms with van der Waals surface area (Å²) < 4.78 is 13.4. The first-order valence-corrected chi connectivity index (χ1v) is 6.79. The van der Waals surface area contributed by atoms with Crippen LogP contribution in [0.25, 0.3) is 0 Å². The summed E-state index contributed by atoms with van der Waals surface area (Å²) in [5, 5.41) is 14.0. The van der Waals surface area contributed by atoms with Crippen LogP contribution in [0, 0.1) is 5.82 Å². The fraction of sp³-hybridized carbons (Fsp3) is 0.214. The molecule has 19 heavy (non-hydrogen) atoms. The average molecular weight is 279 g/mol. The highest BCUT2D eigenvalue weighted by molar-refractivity contribution is 7.09. The lowest BCUT2D eigenvalue weighted by molar-refractivity contribution is 0.0692. The molecule has 0 aliphatic rings. The van der Waals surface area contributed by atoms with Crippen molar-refractivity contribution >= 4 is 17.3 Å². The summed E-state index contributed by atoms with van der Waals surface area (Å²) >= 11 is 1.71. The number of benzene rings is 1. The van der Waals surface area contributed by atoms with Gasteiger partial charge in [0.05, 0.1) is 5.56 Å². The molecule has 0 aliphatic carbocycles. The van der Waals surface area contributed by atoms with E-state index in [1.165, 1.54) is 17.0 Å². The second kappa shape index (κ2) is 6.45. The van der Waals surface area contributed by atoms with Crippen LogP contribution < -0.4 is 5.32 Å². The SMILES string of the molecule is O=C(O)c1ccc(CNCCc2cccs2)cc1F. The Hall–Kier alpha value is -1.72. The number of thiophene rings is 1. The Morgan fingerprint density at radius 3 is 2.84 bits per heavy atom. The van der Waals surface area contributed by atoms with Crippen molar-refractivity contribution in [1.82, 2.24) is 5.32 Å². The number of carbonyl (C=O) groups is 1. The Balaban J connectivity index is 1.83. The van der Waals surface area contributed by atoms with E-state index in [9.17, 15) is 9.18 Å². The van der Waals surface area contributed by atoms with Crippen LogP contribution in [0.3, 0.4) is 0 Å². The summed E-state index contributed by atoms with van der Waals surface area (Å²) in [7, 11) is 0. The summed E-state index contributed by atoms with van der Waals surface area (Å²) in [5.74, 6) is -1.93. The molecule has 0 fully saturated rings. The number of rotatable bonds is 6. The van der Waals surface area contributed by atoms with E-state index in [4.69, 9.17) is 5.11 Å². The topological polar surface area (TPSA) is 49.3 Å². The van der Waals surface area contributed by atoms with E-state index in [0.29, 0.717) is 6.54 Å². The first kappa shape index (κ1) is 13.7. The molecule has 2 N–H and O–H groups in total. The molecule has 100 valence electrons. The van der Waals surface area contributed by atoms with E-state index >= 15 is 0 Å². The minimum absolute atomic E-state index is 0.290. The molecule has 0 atom stereocenters. The fourth-order valence-electron chi connectivity index (χ4n) is 1.74. The van der Waals surface area contributed by atoms with Gasteiger partial charge in [0.25, 0.3) is 0 Å². The lowest BCUT2D eigenvalue weighted by Gasteiger charge is -2.05. The molecule has 0 saturated carbocycles. The van der Waals surface area contributed by atoms with Gasteiger partial charge in [0.15, 0.2) is 0 Å². The van der Waals surface area contributed by atoms with Crippen LogP contribution in [0.5, 0.6) is 0 Å². The molecule has 2 aromatic rings. The molecule has 0 saturated heterocycles. The van der Waals surface area contributed by atoms with Gasteiger partial charge in [-0.3, -0.25) is 0 Å². The average Bonchev–Trinajstić information content (AvgIpc) is 2.87. The Kier molecular flexibility index (Phi) is 4.65. The Morgan fingerprint density at radius 1 is 1.37 bits per heavy atom. The van der Waals surface area contributed by atoms with E-state index in [-0.39, 0.29) is 5.56 Å². The summed E-state index contributed by atoms with van der Waals surface area (Å²) in [6.45, 7) is 1.34. The highest BCUT2D eigenvalue weighted by Crippen LogP contribution is 2.11. The molecule has 1 aromatic carbocycles. The van der Waals surface area contributed by atoms with Gasteiger partial charge in [-0.15, -0.1) is 11.3 Å². The van der Waals surface area contributed by atoms with E-state index in [0.717, 1.165) is 18.5 Å². The number of nitrogens with one attached hydrogen (secondary N) is 1. The Labute approximate surface area is 114 Å². The Bertz CT molecular complexity index is 555. The van der Waals surface area contributed by atoms with Crippen molar-refractivity contribution < 1.29 is 14.3 Å². The molecule has 0 bridgehead atoms. The summed E-state index contributed by atoms with van der Waals surface area (Å²) in [5.41, 5.74) is 0.455. The van der Waals surface area contributed by atoms with Gasteiger partial charge in [0.2, 0.25) is 0 Å². The van der Waals surface area contributed by atoms with Crippen molar-refractivity contribution in [2.75, 3.05) is 6.54 Å². The second-order valence-electron chi connectivity index (χ2n) is 4.13. The number of hydrogen-bond acceptors (Lipinski definition) is 3. The highest BCUT2D eigenvalue weighted by atomic mass is 32.1. The largest absolute Gasteiger partial charge is 0.478 e. The molecular weight excluding hydrogens is 265 g/mol. The predicted octanol–water partition coefficient (Wildman–Crippen LogP) is 2.92. The standard InChI is InChI=1S/C14H14FNO2S/c15-13-8-10(3-4-12(13)14(17)18)9-16-6-5-11-2-1-7-19-11/h1-4,7-8,16H,5-6,9H2,(H,17,18). The molecule has 0 spiro atoms. The van der Waals surface area contributed by atoms with Crippen LogP contribution in [0.1, 0.15) is 20.8 Å². The van der Waals surface area contributed by atoms with Gasteiger partial charge < -0.3 is 10.4 Å². The highest BCUT2D eigenvalue weighted by Gasteiger charge is 2.09. The van der Waals surface area contributed by atoms with Gasteiger partial charge >= 0.3 is 5.97 Å². The third-order valence-corrected chi connectivity index (χ3v) is 3.66. The third kappa shape index (κ3) is 3.87. The van der Waals surface area contributed by atoms with Crippen LogP contribution in [-0.4, -0.2) is 17.6 Å². The maximum absolute atomic E-state index is 13.4. The quantitative estimate of drug-likeness (QED) is 0.799. The zero-order valence-electron chi connectivity index (χ0n) is 10.2. The first-order chi connectivity index (χ1) is 9.16. The minimum Gasteiger partial charge on any atom is -0.478 e. The van der Waals surface area contributed by atoms with Crippen molar-refractivity contribution in [3.05, 3.63) is 57.5 Å². The van der Waals surface area contributed by atoms with E-state index in [1.54, 1.807) is 17.4 Å². The number of hydrogen-bond donors (Lipinski definition) is 2. The third-order valence-electron chi connectivity index (χ3n) is 2.72. The van der Waals surface area contributed by atoms with Gasteiger partial charge in [0, 0.05) is 18.0 Å². The molecule has 3 nitrogen and oxygen atoms in total. The monoisotopic (exact) mass is 279 g/mol. The molecule has 2 rings (SSSR count). The summed E-state index contributed by atoms with van der Waals surface area (Å²) in [4.78, 5) is 12.0. The molecule has 0 radical (unpaired) electrons. The van der Waals surface area contributed by atoms with Crippen molar-refractivity contribution in [2.24, 2.45) is 0 Å². The lowest BCUT2D eigenvalue weighted by atomic mass is 10.1. The fourth-order valence-corrected chi connectivity index (χ4v) is 2.45.